The van der Waals surface area contributed by atoms with E-state index in [0.717, 1.165) is 5.70 Å². The van der Waals surface area contributed by atoms with Gasteiger partial charge in [0.05, 0.1) is 16.1 Å². The molecule has 6 heteroatoms. The van der Waals surface area contributed by atoms with Crippen molar-refractivity contribution in [2.75, 3.05) is 4.90 Å². The number of halogens is 1. The molecule has 0 amide bonds. The number of anilines is 1. The molecule has 0 aromatic heterocycles. The zero-order valence-electron chi connectivity index (χ0n) is 11.4. The van der Waals surface area contributed by atoms with Crippen molar-refractivity contribution in [3.05, 3.63) is 40.6 Å². The monoisotopic (exact) mass is 310 g/mol. The van der Waals surface area contributed by atoms with E-state index in [1.807, 2.05) is 26.8 Å². The first-order valence-electron chi connectivity index (χ1n) is 6.06. The van der Waals surface area contributed by atoms with Gasteiger partial charge in [-0.2, -0.15) is 0 Å². The van der Waals surface area contributed by atoms with E-state index in [1.165, 1.54) is 6.07 Å². The Bertz CT molecular complexity index is 626. The van der Waals surface area contributed by atoms with Crippen molar-refractivity contribution in [2.45, 2.75) is 26.3 Å². The number of hydrogen-bond donors (Lipinski definition) is 2. The number of benzene rings is 1. The van der Waals surface area contributed by atoms with Crippen molar-refractivity contribution in [1.29, 1.82) is 0 Å². The molecule has 0 fully saturated rings. The number of rotatable bonds is 2. The maximum Gasteiger partial charge on any atom is 0.337 e. The highest BCUT2D eigenvalue weighted by atomic mass is 35.5. The van der Waals surface area contributed by atoms with E-state index in [9.17, 15) is 4.79 Å². The standard InChI is InChI=1S/C14H15ClN2O2S/c1-8-7-14(2,3)16-13(20)17(8)9-4-5-11(15)10(6-9)12(18)19/h4-7H,1-3H3,(H,16,20)(H,18,19). The van der Waals surface area contributed by atoms with Gasteiger partial charge in [-0.25, -0.2) is 4.79 Å². The predicted octanol–water partition coefficient (Wildman–Crippen LogP) is 3.42. The van der Waals surface area contributed by atoms with E-state index in [1.54, 1.807) is 17.0 Å². The van der Waals surface area contributed by atoms with Gasteiger partial charge in [-0.3, -0.25) is 4.90 Å². The summed E-state index contributed by atoms with van der Waals surface area (Å²) >= 11 is 11.3. The van der Waals surface area contributed by atoms with Gasteiger partial charge in [0.25, 0.3) is 0 Å². The second-order valence-electron chi connectivity index (χ2n) is 5.24. The van der Waals surface area contributed by atoms with E-state index in [-0.39, 0.29) is 16.1 Å². The fourth-order valence-corrected chi connectivity index (χ4v) is 2.96. The number of nitrogens with zero attached hydrogens (tertiary/aromatic N) is 1. The second kappa shape index (κ2) is 5.07. The topological polar surface area (TPSA) is 52.6 Å². The molecule has 20 heavy (non-hydrogen) atoms. The fraction of sp³-hybridized carbons (Fsp3) is 0.286. The van der Waals surface area contributed by atoms with Crippen LogP contribution < -0.4 is 10.2 Å². The summed E-state index contributed by atoms with van der Waals surface area (Å²) in [4.78, 5) is 13.0. The molecule has 0 radical (unpaired) electrons. The number of carbonyl (C=O) groups is 1. The SMILES string of the molecule is CC1=CC(C)(C)NC(=S)N1c1ccc(Cl)c(C(=O)O)c1. The van der Waals surface area contributed by atoms with Crippen LogP contribution in [0.1, 0.15) is 31.1 Å². The Labute approximate surface area is 128 Å². The molecule has 0 saturated carbocycles. The summed E-state index contributed by atoms with van der Waals surface area (Å²) in [5, 5.41) is 13.1. The van der Waals surface area contributed by atoms with Gasteiger partial charge in [0.15, 0.2) is 5.11 Å². The van der Waals surface area contributed by atoms with Crippen molar-refractivity contribution in [2.24, 2.45) is 0 Å². The molecular weight excluding hydrogens is 296 g/mol. The van der Waals surface area contributed by atoms with Crippen molar-refractivity contribution in [3.63, 3.8) is 0 Å². The first-order valence-corrected chi connectivity index (χ1v) is 6.84. The maximum absolute atomic E-state index is 11.2. The highest BCUT2D eigenvalue weighted by molar-refractivity contribution is 7.80. The van der Waals surface area contributed by atoms with Crippen LogP contribution in [-0.4, -0.2) is 21.7 Å². The van der Waals surface area contributed by atoms with Gasteiger partial charge in [-0.1, -0.05) is 11.6 Å². The first kappa shape index (κ1) is 14.8. The molecule has 4 nitrogen and oxygen atoms in total. The van der Waals surface area contributed by atoms with E-state index < -0.39 is 5.97 Å². The van der Waals surface area contributed by atoms with Gasteiger partial charge in [0, 0.05) is 11.4 Å². The quantitative estimate of drug-likeness (QED) is 0.820. The molecule has 0 atom stereocenters. The molecule has 2 rings (SSSR count). The molecule has 1 aliphatic heterocycles. The lowest BCUT2D eigenvalue weighted by Gasteiger charge is -2.38. The molecule has 1 heterocycles. The van der Waals surface area contributed by atoms with Gasteiger partial charge < -0.3 is 10.4 Å². The summed E-state index contributed by atoms with van der Waals surface area (Å²) in [6, 6.07) is 4.84. The minimum atomic E-state index is -1.06. The first-order chi connectivity index (χ1) is 9.21. The number of carboxylic acids is 1. The van der Waals surface area contributed by atoms with Crippen molar-refractivity contribution in [1.82, 2.24) is 5.32 Å². The Hall–Kier alpha value is -1.59. The van der Waals surface area contributed by atoms with Crippen LogP contribution in [0.2, 0.25) is 5.02 Å². The van der Waals surface area contributed by atoms with Gasteiger partial charge in [-0.05, 0) is 57.3 Å². The van der Waals surface area contributed by atoms with Crippen LogP contribution >= 0.6 is 23.8 Å². The minimum absolute atomic E-state index is 0.0598. The van der Waals surface area contributed by atoms with Crippen LogP contribution in [-0.2, 0) is 0 Å². The van der Waals surface area contributed by atoms with E-state index >= 15 is 0 Å². The lowest BCUT2D eigenvalue weighted by molar-refractivity contribution is 0.0697. The summed E-state index contributed by atoms with van der Waals surface area (Å²) in [6.45, 7) is 5.97. The zero-order chi connectivity index (χ0) is 15.1. The van der Waals surface area contributed by atoms with Gasteiger partial charge in [0.2, 0.25) is 0 Å². The lowest BCUT2D eigenvalue weighted by Crippen LogP contribution is -2.53. The highest BCUT2D eigenvalue weighted by Crippen LogP contribution is 2.29. The van der Waals surface area contributed by atoms with E-state index in [2.05, 4.69) is 5.32 Å². The molecule has 0 saturated heterocycles. The molecule has 1 aromatic carbocycles. The highest BCUT2D eigenvalue weighted by Gasteiger charge is 2.28. The zero-order valence-corrected chi connectivity index (χ0v) is 13.0. The second-order valence-corrected chi connectivity index (χ2v) is 6.04. The Balaban J connectivity index is 2.49. The average Bonchev–Trinajstić information content (AvgIpc) is 2.28. The summed E-state index contributed by atoms with van der Waals surface area (Å²) in [7, 11) is 0. The summed E-state index contributed by atoms with van der Waals surface area (Å²) in [5.74, 6) is -1.06. The number of aromatic carboxylic acids is 1. The smallest absolute Gasteiger partial charge is 0.337 e. The molecule has 2 N–H and O–H groups in total. The fourth-order valence-electron chi connectivity index (χ4n) is 2.25. The molecule has 0 spiro atoms. The Morgan fingerprint density at radius 2 is 2.10 bits per heavy atom. The molecule has 0 aliphatic carbocycles. The molecule has 106 valence electrons. The minimum Gasteiger partial charge on any atom is -0.478 e. The van der Waals surface area contributed by atoms with E-state index in [0.29, 0.717) is 10.8 Å². The molecule has 0 unspecified atom stereocenters. The van der Waals surface area contributed by atoms with Crippen LogP contribution in [0.5, 0.6) is 0 Å². The van der Waals surface area contributed by atoms with E-state index in [4.69, 9.17) is 28.9 Å². The molecule has 0 bridgehead atoms. The summed E-state index contributed by atoms with van der Waals surface area (Å²) < 4.78 is 0. The number of hydrogen-bond acceptors (Lipinski definition) is 2. The largest absolute Gasteiger partial charge is 0.478 e. The van der Waals surface area contributed by atoms with Crippen molar-refractivity contribution >= 4 is 40.6 Å². The van der Waals surface area contributed by atoms with Gasteiger partial charge >= 0.3 is 5.97 Å². The number of carboxylic acid groups (broad SMARTS) is 1. The third kappa shape index (κ3) is 2.78. The number of thiocarbonyl (C=S) groups is 1. The summed E-state index contributed by atoms with van der Waals surface area (Å²) in [5.41, 5.74) is 1.45. The van der Waals surface area contributed by atoms with Gasteiger partial charge in [-0.15, -0.1) is 0 Å². The molecule has 1 aliphatic rings. The third-order valence-corrected chi connectivity index (χ3v) is 3.61. The maximum atomic E-state index is 11.2. The van der Waals surface area contributed by atoms with Crippen LogP contribution in [0.25, 0.3) is 0 Å². The third-order valence-electron chi connectivity index (χ3n) is 2.99. The van der Waals surface area contributed by atoms with Crippen LogP contribution in [0, 0.1) is 0 Å². The van der Waals surface area contributed by atoms with Crippen LogP contribution in [0.3, 0.4) is 0 Å². The van der Waals surface area contributed by atoms with Crippen molar-refractivity contribution < 1.29 is 9.90 Å². The van der Waals surface area contributed by atoms with Gasteiger partial charge in [0.1, 0.15) is 0 Å². The Morgan fingerprint density at radius 1 is 1.45 bits per heavy atom. The summed E-state index contributed by atoms with van der Waals surface area (Å²) in [6.07, 6.45) is 2.04. The Kier molecular flexibility index (Phi) is 3.75. The number of allylic oxidation sites excluding steroid dienone is 1. The normalized spacial score (nSPS) is 17.5. The average molecular weight is 311 g/mol. The lowest BCUT2D eigenvalue weighted by atomic mass is 10.0. The molecule has 1 aromatic rings. The number of nitrogens with one attached hydrogen (secondary N) is 1. The Morgan fingerprint density at radius 3 is 2.65 bits per heavy atom. The van der Waals surface area contributed by atoms with Crippen LogP contribution in [0.4, 0.5) is 5.69 Å². The van der Waals surface area contributed by atoms with Crippen LogP contribution in [0.15, 0.2) is 30.0 Å². The predicted molar refractivity (Wildman–Crippen MR) is 84.5 cm³/mol. The molecular formula is C14H15ClN2O2S. The van der Waals surface area contributed by atoms with Crippen molar-refractivity contribution in [3.8, 4) is 0 Å².